The molecule has 0 unspecified atom stereocenters. The normalized spacial score (nSPS) is 20.1. The SMILES string of the molecule is CS(=O)(=O)c1cccnc1NC1CCS(=O)(=O)CC1. The van der Waals surface area contributed by atoms with Gasteiger partial charge in [0.15, 0.2) is 9.84 Å². The number of pyridine rings is 1. The first-order valence-corrected chi connectivity index (χ1v) is 9.61. The van der Waals surface area contributed by atoms with E-state index in [1.54, 1.807) is 6.07 Å². The third-order valence-electron chi connectivity index (χ3n) is 3.07. The molecule has 2 heterocycles. The van der Waals surface area contributed by atoms with Crippen LogP contribution in [-0.4, -0.2) is 45.6 Å². The van der Waals surface area contributed by atoms with Crippen molar-refractivity contribution in [2.45, 2.75) is 23.8 Å². The second-order valence-corrected chi connectivity index (χ2v) is 8.98. The van der Waals surface area contributed by atoms with E-state index in [9.17, 15) is 16.8 Å². The zero-order valence-electron chi connectivity index (χ0n) is 10.5. The van der Waals surface area contributed by atoms with Crippen molar-refractivity contribution in [3.8, 4) is 0 Å². The number of hydrogen-bond acceptors (Lipinski definition) is 6. The summed E-state index contributed by atoms with van der Waals surface area (Å²) in [6.07, 6.45) is 3.58. The number of hydrogen-bond donors (Lipinski definition) is 1. The summed E-state index contributed by atoms with van der Waals surface area (Å²) < 4.78 is 45.9. The third kappa shape index (κ3) is 3.66. The van der Waals surface area contributed by atoms with Crippen LogP contribution in [0.5, 0.6) is 0 Å². The second-order valence-electron chi connectivity index (χ2n) is 4.69. The minimum atomic E-state index is -3.35. The fourth-order valence-electron chi connectivity index (χ4n) is 2.03. The van der Waals surface area contributed by atoms with Crippen LogP contribution in [0, 0.1) is 0 Å². The lowest BCUT2D eigenvalue weighted by atomic mass is 10.1. The molecule has 0 aliphatic carbocycles. The molecule has 1 aromatic heterocycles. The van der Waals surface area contributed by atoms with Crippen LogP contribution in [0.25, 0.3) is 0 Å². The highest BCUT2D eigenvalue weighted by Gasteiger charge is 2.25. The minimum Gasteiger partial charge on any atom is -0.366 e. The Morgan fingerprint density at radius 3 is 2.53 bits per heavy atom. The molecule has 2 rings (SSSR count). The quantitative estimate of drug-likeness (QED) is 0.872. The number of aromatic nitrogens is 1. The van der Waals surface area contributed by atoms with E-state index in [4.69, 9.17) is 0 Å². The van der Waals surface area contributed by atoms with Gasteiger partial charge in [-0.3, -0.25) is 0 Å². The van der Waals surface area contributed by atoms with Crippen molar-refractivity contribution in [1.29, 1.82) is 0 Å². The summed E-state index contributed by atoms with van der Waals surface area (Å²) >= 11 is 0. The van der Waals surface area contributed by atoms with Gasteiger partial charge in [-0.1, -0.05) is 0 Å². The van der Waals surface area contributed by atoms with Crippen molar-refractivity contribution < 1.29 is 16.8 Å². The molecule has 0 saturated carbocycles. The van der Waals surface area contributed by atoms with E-state index < -0.39 is 19.7 Å². The predicted molar refractivity (Wildman–Crippen MR) is 72.6 cm³/mol. The molecule has 1 aliphatic rings. The van der Waals surface area contributed by atoms with Crippen molar-refractivity contribution in [3.63, 3.8) is 0 Å². The Labute approximate surface area is 113 Å². The van der Waals surface area contributed by atoms with Gasteiger partial charge in [-0.25, -0.2) is 21.8 Å². The highest BCUT2D eigenvalue weighted by Crippen LogP contribution is 2.22. The van der Waals surface area contributed by atoms with E-state index in [1.165, 1.54) is 12.3 Å². The van der Waals surface area contributed by atoms with Crippen molar-refractivity contribution >= 4 is 25.5 Å². The van der Waals surface area contributed by atoms with Gasteiger partial charge in [0.2, 0.25) is 0 Å². The lowest BCUT2D eigenvalue weighted by Crippen LogP contribution is -2.32. The maximum atomic E-state index is 11.6. The van der Waals surface area contributed by atoms with Crippen LogP contribution < -0.4 is 5.32 Å². The zero-order valence-corrected chi connectivity index (χ0v) is 12.2. The molecule has 0 aromatic carbocycles. The molecule has 1 fully saturated rings. The summed E-state index contributed by atoms with van der Waals surface area (Å²) in [6, 6.07) is 3.00. The van der Waals surface area contributed by atoms with Crippen LogP contribution in [0.2, 0.25) is 0 Å². The molecular weight excluding hydrogens is 288 g/mol. The smallest absolute Gasteiger partial charge is 0.179 e. The zero-order chi connectivity index (χ0) is 14.1. The fourth-order valence-corrected chi connectivity index (χ4v) is 4.31. The van der Waals surface area contributed by atoms with E-state index in [0.717, 1.165) is 6.26 Å². The number of nitrogens with zero attached hydrogens (tertiary/aromatic N) is 1. The monoisotopic (exact) mass is 304 g/mol. The first kappa shape index (κ1) is 14.3. The third-order valence-corrected chi connectivity index (χ3v) is 5.91. The van der Waals surface area contributed by atoms with Gasteiger partial charge < -0.3 is 5.32 Å². The fraction of sp³-hybridized carbons (Fsp3) is 0.545. The Morgan fingerprint density at radius 2 is 1.95 bits per heavy atom. The number of sulfone groups is 2. The molecule has 6 nitrogen and oxygen atoms in total. The summed E-state index contributed by atoms with van der Waals surface area (Å²) in [7, 11) is -6.28. The van der Waals surface area contributed by atoms with Gasteiger partial charge >= 0.3 is 0 Å². The Hall–Kier alpha value is -1.15. The van der Waals surface area contributed by atoms with Crippen LogP contribution in [0.15, 0.2) is 23.2 Å². The average Bonchev–Trinajstić information content (AvgIpc) is 2.31. The first-order valence-electron chi connectivity index (χ1n) is 5.90. The molecule has 0 atom stereocenters. The van der Waals surface area contributed by atoms with E-state index in [2.05, 4.69) is 10.3 Å². The molecule has 1 aliphatic heterocycles. The molecule has 19 heavy (non-hydrogen) atoms. The minimum absolute atomic E-state index is 0.0566. The number of anilines is 1. The molecule has 8 heteroatoms. The molecule has 0 radical (unpaired) electrons. The molecule has 106 valence electrons. The van der Waals surface area contributed by atoms with E-state index in [1.807, 2.05) is 0 Å². The Bertz CT molecular complexity index is 654. The highest BCUT2D eigenvalue weighted by atomic mass is 32.2. The van der Waals surface area contributed by atoms with Crippen molar-refractivity contribution in [1.82, 2.24) is 4.98 Å². The summed E-state index contributed by atoms with van der Waals surface area (Å²) in [6.45, 7) is 0. The van der Waals surface area contributed by atoms with Gasteiger partial charge in [-0.05, 0) is 25.0 Å². The Morgan fingerprint density at radius 1 is 1.32 bits per heavy atom. The van der Waals surface area contributed by atoms with Crippen LogP contribution >= 0.6 is 0 Å². The van der Waals surface area contributed by atoms with Crippen LogP contribution in [0.1, 0.15) is 12.8 Å². The number of nitrogens with one attached hydrogen (secondary N) is 1. The van der Waals surface area contributed by atoms with Gasteiger partial charge in [-0.2, -0.15) is 0 Å². The van der Waals surface area contributed by atoms with Crippen LogP contribution in [0.4, 0.5) is 5.82 Å². The summed E-state index contributed by atoms with van der Waals surface area (Å²) in [5, 5.41) is 3.04. The van der Waals surface area contributed by atoms with Gasteiger partial charge in [-0.15, -0.1) is 0 Å². The van der Waals surface area contributed by atoms with Gasteiger partial charge in [0, 0.05) is 18.5 Å². The molecule has 1 saturated heterocycles. The molecule has 0 amide bonds. The van der Waals surface area contributed by atoms with Crippen molar-refractivity contribution in [2.75, 3.05) is 23.1 Å². The van der Waals surface area contributed by atoms with Crippen molar-refractivity contribution in [3.05, 3.63) is 18.3 Å². The lowest BCUT2D eigenvalue weighted by molar-refractivity contribution is 0.558. The van der Waals surface area contributed by atoms with Gasteiger partial charge in [0.1, 0.15) is 20.6 Å². The Balaban J connectivity index is 2.17. The molecule has 1 N–H and O–H groups in total. The van der Waals surface area contributed by atoms with Gasteiger partial charge in [0.25, 0.3) is 0 Å². The first-order chi connectivity index (χ1) is 8.78. The summed E-state index contributed by atoms with van der Waals surface area (Å²) in [5.74, 6) is 0.562. The topological polar surface area (TPSA) is 93.2 Å². The standard InChI is InChI=1S/C11H16N2O4S2/c1-18(14,15)10-3-2-6-12-11(10)13-9-4-7-19(16,17)8-5-9/h2-3,6,9H,4-5,7-8H2,1H3,(H,12,13). The van der Waals surface area contributed by atoms with E-state index in [-0.39, 0.29) is 22.4 Å². The predicted octanol–water partition coefficient (Wildman–Crippen LogP) is 0.474. The second kappa shape index (κ2) is 5.09. The number of rotatable bonds is 3. The Kier molecular flexibility index (Phi) is 3.82. The summed E-state index contributed by atoms with van der Waals surface area (Å²) in [5.41, 5.74) is 0. The molecule has 0 spiro atoms. The molecule has 0 bridgehead atoms. The van der Waals surface area contributed by atoms with Crippen molar-refractivity contribution in [2.24, 2.45) is 0 Å². The van der Waals surface area contributed by atoms with E-state index >= 15 is 0 Å². The highest BCUT2D eigenvalue weighted by molar-refractivity contribution is 7.91. The van der Waals surface area contributed by atoms with Crippen LogP contribution in [-0.2, 0) is 19.7 Å². The largest absolute Gasteiger partial charge is 0.366 e. The lowest BCUT2D eigenvalue weighted by Gasteiger charge is -2.24. The molecule has 1 aromatic rings. The molecular formula is C11H16N2O4S2. The van der Waals surface area contributed by atoms with Gasteiger partial charge in [0.05, 0.1) is 11.5 Å². The average molecular weight is 304 g/mol. The van der Waals surface area contributed by atoms with Crippen LogP contribution in [0.3, 0.4) is 0 Å². The maximum absolute atomic E-state index is 11.6. The van der Waals surface area contributed by atoms with E-state index in [0.29, 0.717) is 18.7 Å². The summed E-state index contributed by atoms with van der Waals surface area (Å²) in [4.78, 5) is 4.18. The maximum Gasteiger partial charge on any atom is 0.179 e.